The van der Waals surface area contributed by atoms with Gasteiger partial charge in [-0.25, -0.2) is 4.79 Å². The summed E-state index contributed by atoms with van der Waals surface area (Å²) in [4.78, 5) is 25.3. The molecule has 0 aliphatic rings. The van der Waals surface area contributed by atoms with Crippen LogP contribution < -0.4 is 5.32 Å². The first-order chi connectivity index (χ1) is 11.1. The molecule has 0 saturated carbocycles. The van der Waals surface area contributed by atoms with Gasteiger partial charge in [0.25, 0.3) is 0 Å². The molecule has 23 heavy (non-hydrogen) atoms. The van der Waals surface area contributed by atoms with Crippen LogP contribution in [0.2, 0.25) is 0 Å². The maximum atomic E-state index is 12.3. The molecule has 2 rings (SSSR count). The Morgan fingerprint density at radius 2 is 2.04 bits per heavy atom. The molecule has 1 unspecified atom stereocenters. The number of carbonyl (C=O) groups is 2. The molecule has 0 fully saturated rings. The fourth-order valence-electron chi connectivity index (χ4n) is 2.01. The van der Waals surface area contributed by atoms with Gasteiger partial charge >= 0.3 is 6.09 Å². The molecule has 1 aromatic heterocycles. The summed E-state index contributed by atoms with van der Waals surface area (Å²) in [6, 6.07) is 8.65. The summed E-state index contributed by atoms with van der Waals surface area (Å²) < 4.78 is 5.14. The van der Waals surface area contributed by atoms with Crippen LogP contribution in [0.5, 0.6) is 0 Å². The molecule has 1 amide bonds. The van der Waals surface area contributed by atoms with Gasteiger partial charge in [0.1, 0.15) is 13.2 Å². The molecule has 0 aliphatic heterocycles. The third kappa shape index (κ3) is 5.17. The third-order valence-electron chi connectivity index (χ3n) is 3.19. The smallest absolute Gasteiger partial charge is 0.408 e. The van der Waals surface area contributed by atoms with Crippen molar-refractivity contribution in [3.63, 3.8) is 0 Å². The third-order valence-corrected chi connectivity index (χ3v) is 3.19. The number of nitrogens with one attached hydrogen (secondary N) is 1. The van der Waals surface area contributed by atoms with Gasteiger partial charge < -0.3 is 10.1 Å². The summed E-state index contributed by atoms with van der Waals surface area (Å²) in [7, 11) is 0. The SMILES string of the molecule is CC(C)C(NC(=O)OCc1ccccc1)C(=O)Cn1ncnn1.[HH]. The normalized spacial score (nSPS) is 12.0. The lowest BCUT2D eigenvalue weighted by Crippen LogP contribution is -2.46. The van der Waals surface area contributed by atoms with Crippen molar-refractivity contribution >= 4 is 11.9 Å². The minimum Gasteiger partial charge on any atom is -0.445 e. The number of amides is 1. The Balaban J connectivity index is 0.00000288. The molecular formula is C15H21N5O3. The molecule has 0 spiro atoms. The summed E-state index contributed by atoms with van der Waals surface area (Å²) in [5, 5.41) is 13.6. The van der Waals surface area contributed by atoms with Crippen LogP contribution in [-0.4, -0.2) is 38.1 Å². The van der Waals surface area contributed by atoms with E-state index in [4.69, 9.17) is 4.74 Å². The van der Waals surface area contributed by atoms with Crippen molar-refractivity contribution in [2.24, 2.45) is 5.92 Å². The van der Waals surface area contributed by atoms with Gasteiger partial charge in [-0.1, -0.05) is 44.2 Å². The van der Waals surface area contributed by atoms with Crippen LogP contribution in [0, 0.1) is 5.92 Å². The van der Waals surface area contributed by atoms with Gasteiger partial charge in [-0.3, -0.25) is 4.79 Å². The van der Waals surface area contributed by atoms with Crippen LogP contribution in [0.4, 0.5) is 4.79 Å². The monoisotopic (exact) mass is 319 g/mol. The zero-order chi connectivity index (χ0) is 16.7. The van der Waals surface area contributed by atoms with Crippen molar-refractivity contribution in [3.8, 4) is 0 Å². The van der Waals surface area contributed by atoms with E-state index in [1.165, 1.54) is 11.1 Å². The lowest BCUT2D eigenvalue weighted by atomic mass is 10.00. The second-order valence-electron chi connectivity index (χ2n) is 5.36. The average Bonchev–Trinajstić information content (AvgIpc) is 3.04. The van der Waals surface area contributed by atoms with Crippen LogP contribution in [0.1, 0.15) is 20.8 Å². The van der Waals surface area contributed by atoms with E-state index in [0.717, 1.165) is 5.56 Å². The molecular weight excluding hydrogens is 298 g/mol. The number of alkyl carbamates (subject to hydrolysis) is 1. The van der Waals surface area contributed by atoms with E-state index in [0.29, 0.717) is 0 Å². The highest BCUT2D eigenvalue weighted by molar-refractivity contribution is 5.87. The van der Waals surface area contributed by atoms with E-state index in [1.54, 1.807) is 0 Å². The zero-order valence-corrected chi connectivity index (χ0v) is 13.0. The number of aromatic nitrogens is 4. The minimum atomic E-state index is -0.677. The molecule has 124 valence electrons. The maximum Gasteiger partial charge on any atom is 0.408 e. The zero-order valence-electron chi connectivity index (χ0n) is 13.0. The first-order valence-electron chi connectivity index (χ1n) is 7.27. The molecule has 0 aliphatic carbocycles. The average molecular weight is 319 g/mol. The predicted octanol–water partition coefficient (Wildman–Crippen LogP) is 1.44. The number of carbonyl (C=O) groups excluding carboxylic acids is 2. The van der Waals surface area contributed by atoms with Crippen LogP contribution in [0.3, 0.4) is 0 Å². The fourth-order valence-corrected chi connectivity index (χ4v) is 2.01. The summed E-state index contributed by atoms with van der Waals surface area (Å²) >= 11 is 0. The Morgan fingerprint density at radius 1 is 1.30 bits per heavy atom. The Kier molecular flexibility index (Phi) is 5.79. The fraction of sp³-hybridized carbons (Fsp3) is 0.400. The molecule has 0 radical (unpaired) electrons. The Bertz CT molecular complexity index is 634. The Hall–Kier alpha value is -2.77. The van der Waals surface area contributed by atoms with Crippen LogP contribution >= 0.6 is 0 Å². The number of benzene rings is 1. The van der Waals surface area contributed by atoms with Gasteiger partial charge in [-0.2, -0.15) is 4.80 Å². The van der Waals surface area contributed by atoms with Crippen molar-refractivity contribution in [1.29, 1.82) is 0 Å². The first kappa shape index (κ1) is 16.6. The van der Waals surface area contributed by atoms with Crippen molar-refractivity contribution in [1.82, 2.24) is 25.5 Å². The lowest BCUT2D eigenvalue weighted by Gasteiger charge is -2.20. The maximum absolute atomic E-state index is 12.3. The van der Waals surface area contributed by atoms with Crippen LogP contribution in [0.25, 0.3) is 0 Å². The quantitative estimate of drug-likeness (QED) is 0.829. The molecule has 1 heterocycles. The standard InChI is InChI=1S/C15H19N5O3.H2/c1-11(2)14(13(21)8-20-17-10-16-19-20)18-15(22)23-9-12-6-4-3-5-7-12;/h3-7,10-11,14H,8-9H2,1-2H3,(H,18,22);1H. The van der Waals surface area contributed by atoms with E-state index in [-0.39, 0.29) is 26.3 Å². The Morgan fingerprint density at radius 3 is 2.65 bits per heavy atom. The highest BCUT2D eigenvalue weighted by atomic mass is 16.5. The second kappa shape index (κ2) is 8.02. The van der Waals surface area contributed by atoms with E-state index in [2.05, 4.69) is 20.7 Å². The number of hydrogen-bond donors (Lipinski definition) is 1. The van der Waals surface area contributed by atoms with Crippen molar-refractivity contribution in [2.75, 3.05) is 0 Å². The second-order valence-corrected chi connectivity index (χ2v) is 5.36. The lowest BCUT2D eigenvalue weighted by molar-refractivity contribution is -0.123. The molecule has 0 saturated heterocycles. The van der Waals surface area contributed by atoms with E-state index >= 15 is 0 Å². The van der Waals surface area contributed by atoms with Gasteiger partial charge in [-0.15, -0.1) is 10.2 Å². The largest absolute Gasteiger partial charge is 0.445 e. The van der Waals surface area contributed by atoms with Gasteiger partial charge in [0, 0.05) is 1.43 Å². The number of ketones is 1. The van der Waals surface area contributed by atoms with E-state index in [1.807, 2.05) is 44.2 Å². The predicted molar refractivity (Wildman–Crippen MR) is 83.3 cm³/mol. The molecule has 0 bridgehead atoms. The topological polar surface area (TPSA) is 99.0 Å². The number of Topliss-reactive ketones (excluding diaryl/α,β-unsaturated/α-hetero) is 1. The number of hydrogen-bond acceptors (Lipinski definition) is 6. The Labute approximate surface area is 135 Å². The number of ether oxygens (including phenoxy) is 1. The van der Waals surface area contributed by atoms with Crippen LogP contribution in [0.15, 0.2) is 36.7 Å². The molecule has 2 aromatic rings. The minimum absolute atomic E-state index is 0. The molecule has 8 heteroatoms. The molecule has 8 nitrogen and oxygen atoms in total. The van der Waals surface area contributed by atoms with E-state index < -0.39 is 12.1 Å². The first-order valence-corrected chi connectivity index (χ1v) is 7.27. The summed E-state index contributed by atoms with van der Waals surface area (Å²) in [5.74, 6) is -0.301. The molecule has 1 atom stereocenters. The highest BCUT2D eigenvalue weighted by Gasteiger charge is 2.25. The highest BCUT2D eigenvalue weighted by Crippen LogP contribution is 2.06. The number of tetrazole rings is 1. The number of rotatable bonds is 7. The summed E-state index contributed by atoms with van der Waals surface area (Å²) in [6.07, 6.45) is 0.617. The number of nitrogens with zero attached hydrogens (tertiary/aromatic N) is 4. The van der Waals surface area contributed by atoms with Crippen molar-refractivity contribution < 1.29 is 15.8 Å². The summed E-state index contributed by atoms with van der Waals surface area (Å²) in [6.45, 7) is 3.78. The van der Waals surface area contributed by atoms with Crippen molar-refractivity contribution in [3.05, 3.63) is 42.2 Å². The molecule has 1 aromatic carbocycles. The van der Waals surface area contributed by atoms with Gasteiger partial charge in [0.05, 0.1) is 6.04 Å². The van der Waals surface area contributed by atoms with Gasteiger partial charge in [-0.05, 0) is 16.7 Å². The van der Waals surface area contributed by atoms with Crippen LogP contribution in [-0.2, 0) is 22.7 Å². The van der Waals surface area contributed by atoms with Crippen molar-refractivity contribution in [2.45, 2.75) is 33.0 Å². The van der Waals surface area contributed by atoms with Gasteiger partial charge in [0.2, 0.25) is 0 Å². The van der Waals surface area contributed by atoms with Gasteiger partial charge in [0.15, 0.2) is 12.1 Å². The molecule has 1 N–H and O–H groups in total. The van der Waals surface area contributed by atoms with E-state index in [9.17, 15) is 9.59 Å². The summed E-state index contributed by atoms with van der Waals surface area (Å²) in [5.41, 5.74) is 0.877.